The van der Waals surface area contributed by atoms with E-state index in [2.05, 4.69) is 21.2 Å². The van der Waals surface area contributed by atoms with Crippen molar-refractivity contribution in [2.24, 2.45) is 0 Å². The van der Waals surface area contributed by atoms with Gasteiger partial charge in [-0.25, -0.2) is 0 Å². The molecule has 0 aliphatic rings. The van der Waals surface area contributed by atoms with Crippen molar-refractivity contribution < 1.29 is 9.84 Å². The van der Waals surface area contributed by atoms with Crippen molar-refractivity contribution in [3.63, 3.8) is 0 Å². The number of benzene rings is 1. The maximum Gasteiger partial charge on any atom is 0.0765 e. The van der Waals surface area contributed by atoms with Crippen LogP contribution in [0.15, 0.2) is 22.7 Å². The average molecular weight is 337 g/mol. The van der Waals surface area contributed by atoms with Crippen LogP contribution in [0, 0.1) is 0 Å². The van der Waals surface area contributed by atoms with Gasteiger partial charge in [0.05, 0.1) is 10.6 Å². The van der Waals surface area contributed by atoms with E-state index in [1.807, 2.05) is 18.2 Å². The van der Waals surface area contributed by atoms with Crippen molar-refractivity contribution in [1.82, 2.24) is 5.32 Å². The fourth-order valence-corrected chi connectivity index (χ4v) is 2.08. The first-order valence-corrected chi connectivity index (χ1v) is 6.98. The van der Waals surface area contributed by atoms with Gasteiger partial charge in [0.1, 0.15) is 0 Å². The number of hydrogen-bond donors (Lipinski definition) is 2. The first-order chi connectivity index (χ1) is 8.44. The molecule has 1 aromatic carbocycles. The van der Waals surface area contributed by atoms with Gasteiger partial charge in [0.15, 0.2) is 0 Å². The van der Waals surface area contributed by atoms with Gasteiger partial charge in [-0.05, 0) is 40.5 Å². The summed E-state index contributed by atoms with van der Waals surface area (Å²) in [7, 11) is 1.63. The largest absolute Gasteiger partial charge is 0.389 e. The first kappa shape index (κ1) is 15.9. The van der Waals surface area contributed by atoms with Crippen molar-refractivity contribution in [1.29, 1.82) is 0 Å². The van der Waals surface area contributed by atoms with E-state index in [4.69, 9.17) is 16.3 Å². The summed E-state index contributed by atoms with van der Waals surface area (Å²) in [6.45, 7) is 3.58. The van der Waals surface area contributed by atoms with Crippen molar-refractivity contribution in [3.05, 3.63) is 33.3 Å². The molecule has 102 valence electrons. The van der Waals surface area contributed by atoms with Gasteiger partial charge >= 0.3 is 0 Å². The van der Waals surface area contributed by atoms with E-state index in [0.29, 0.717) is 31.1 Å². The van der Waals surface area contributed by atoms with Crippen LogP contribution in [0.2, 0.25) is 5.02 Å². The average Bonchev–Trinajstić information content (AvgIpc) is 2.31. The maximum atomic E-state index is 10.0. The molecule has 3 nitrogen and oxygen atoms in total. The number of rotatable bonds is 7. The molecule has 0 fully saturated rings. The van der Waals surface area contributed by atoms with Gasteiger partial charge in [-0.1, -0.05) is 17.7 Å². The van der Waals surface area contributed by atoms with Gasteiger partial charge < -0.3 is 15.2 Å². The van der Waals surface area contributed by atoms with Crippen molar-refractivity contribution >= 4 is 27.5 Å². The summed E-state index contributed by atoms with van der Waals surface area (Å²) in [6, 6.07) is 5.79. The Morgan fingerprint density at radius 1 is 1.50 bits per heavy atom. The predicted octanol–water partition coefficient (Wildman–Crippen LogP) is 2.98. The predicted molar refractivity (Wildman–Crippen MR) is 78.0 cm³/mol. The molecule has 0 aliphatic heterocycles. The van der Waals surface area contributed by atoms with Crippen molar-refractivity contribution in [2.45, 2.75) is 25.5 Å². The van der Waals surface area contributed by atoms with E-state index >= 15 is 0 Å². The van der Waals surface area contributed by atoms with E-state index in [-0.39, 0.29) is 0 Å². The first-order valence-electron chi connectivity index (χ1n) is 5.80. The lowest BCUT2D eigenvalue weighted by Crippen LogP contribution is -2.38. The summed E-state index contributed by atoms with van der Waals surface area (Å²) in [5, 5.41) is 14.0. The fraction of sp³-hybridized carbons (Fsp3) is 0.538. The molecular weight excluding hydrogens is 318 g/mol. The second-order valence-electron chi connectivity index (χ2n) is 4.59. The Morgan fingerprint density at radius 3 is 2.83 bits per heavy atom. The molecule has 0 bridgehead atoms. The third kappa shape index (κ3) is 5.67. The minimum absolute atomic E-state index is 0.524. The topological polar surface area (TPSA) is 41.5 Å². The van der Waals surface area contributed by atoms with E-state index in [9.17, 15) is 5.11 Å². The molecule has 0 heterocycles. The van der Waals surface area contributed by atoms with Gasteiger partial charge in [0, 0.05) is 37.7 Å². The highest BCUT2D eigenvalue weighted by Gasteiger charge is 2.19. The molecule has 1 unspecified atom stereocenters. The Morgan fingerprint density at radius 2 is 2.22 bits per heavy atom. The molecule has 0 saturated carbocycles. The molecule has 0 amide bonds. The molecule has 0 saturated heterocycles. The summed E-state index contributed by atoms with van der Waals surface area (Å²) in [5.41, 5.74) is 0.369. The number of methoxy groups -OCH3 is 1. The molecule has 18 heavy (non-hydrogen) atoms. The van der Waals surface area contributed by atoms with Crippen LogP contribution in [0.5, 0.6) is 0 Å². The smallest absolute Gasteiger partial charge is 0.0765 e. The zero-order valence-corrected chi connectivity index (χ0v) is 13.0. The van der Waals surface area contributed by atoms with Crippen LogP contribution in [0.4, 0.5) is 0 Å². The van der Waals surface area contributed by atoms with E-state index in [1.54, 1.807) is 14.0 Å². The molecular formula is C13H19BrClNO2. The minimum atomic E-state index is -0.750. The molecule has 1 aromatic rings. The molecule has 2 N–H and O–H groups in total. The second kappa shape index (κ2) is 7.46. The Labute approximate surface area is 122 Å². The lowest BCUT2D eigenvalue weighted by Gasteiger charge is -2.23. The Kier molecular flexibility index (Phi) is 6.60. The molecule has 1 rings (SSSR count). The van der Waals surface area contributed by atoms with Crippen LogP contribution in [-0.2, 0) is 11.3 Å². The Balaban J connectivity index is 2.39. The quantitative estimate of drug-likeness (QED) is 0.804. The molecule has 0 radical (unpaired) electrons. The third-order valence-electron chi connectivity index (χ3n) is 2.66. The number of halogens is 2. The zero-order chi connectivity index (χ0) is 13.6. The molecule has 5 heteroatoms. The minimum Gasteiger partial charge on any atom is -0.389 e. The van der Waals surface area contributed by atoms with Crippen LogP contribution in [0.25, 0.3) is 0 Å². The van der Waals surface area contributed by atoms with Crippen LogP contribution in [0.1, 0.15) is 18.9 Å². The van der Waals surface area contributed by atoms with Gasteiger partial charge in [-0.3, -0.25) is 0 Å². The van der Waals surface area contributed by atoms with Crippen LogP contribution < -0.4 is 5.32 Å². The second-order valence-corrected chi connectivity index (χ2v) is 5.85. The van der Waals surface area contributed by atoms with Gasteiger partial charge in [0.25, 0.3) is 0 Å². The monoisotopic (exact) mass is 335 g/mol. The van der Waals surface area contributed by atoms with Crippen LogP contribution in [0.3, 0.4) is 0 Å². The summed E-state index contributed by atoms with van der Waals surface area (Å²) in [4.78, 5) is 0. The Hall–Kier alpha value is -0.130. The van der Waals surface area contributed by atoms with Crippen molar-refractivity contribution in [2.75, 3.05) is 20.3 Å². The molecule has 0 aromatic heterocycles. The summed E-state index contributed by atoms with van der Waals surface area (Å²) in [6.07, 6.45) is 0.612. The van der Waals surface area contributed by atoms with Gasteiger partial charge in [-0.2, -0.15) is 0 Å². The lowest BCUT2D eigenvalue weighted by atomic mass is 10.0. The number of aliphatic hydroxyl groups is 1. The highest BCUT2D eigenvalue weighted by Crippen LogP contribution is 2.23. The number of nitrogens with one attached hydrogen (secondary N) is 1. The lowest BCUT2D eigenvalue weighted by molar-refractivity contribution is 0.0247. The number of hydrogen-bond acceptors (Lipinski definition) is 3. The highest BCUT2D eigenvalue weighted by atomic mass is 79.9. The van der Waals surface area contributed by atoms with Crippen LogP contribution >= 0.6 is 27.5 Å². The number of ether oxygens (including phenoxy) is 1. The van der Waals surface area contributed by atoms with E-state index in [1.165, 1.54) is 0 Å². The molecule has 0 spiro atoms. The normalized spacial score (nSPS) is 14.5. The summed E-state index contributed by atoms with van der Waals surface area (Å²) in [5.74, 6) is 0. The maximum absolute atomic E-state index is 10.0. The summed E-state index contributed by atoms with van der Waals surface area (Å²) < 4.78 is 5.85. The highest BCUT2D eigenvalue weighted by molar-refractivity contribution is 9.10. The van der Waals surface area contributed by atoms with Gasteiger partial charge in [0.2, 0.25) is 0 Å². The van der Waals surface area contributed by atoms with Crippen LogP contribution in [-0.4, -0.2) is 31.0 Å². The SMILES string of the molecule is COCCC(C)(O)CNCc1ccc(Cl)c(Br)c1. The standard InChI is InChI=1S/C13H19BrClNO2/c1-13(17,5-6-18-2)9-16-8-10-3-4-12(15)11(14)7-10/h3-4,7,16-17H,5-6,8-9H2,1-2H3. The van der Waals surface area contributed by atoms with Gasteiger partial charge in [-0.15, -0.1) is 0 Å². The Bertz CT molecular complexity index is 385. The third-order valence-corrected chi connectivity index (χ3v) is 3.88. The molecule has 0 aliphatic carbocycles. The van der Waals surface area contributed by atoms with E-state index < -0.39 is 5.60 Å². The summed E-state index contributed by atoms with van der Waals surface area (Å²) >= 11 is 9.31. The fourth-order valence-electron chi connectivity index (χ4n) is 1.54. The van der Waals surface area contributed by atoms with E-state index in [0.717, 1.165) is 10.0 Å². The van der Waals surface area contributed by atoms with Crippen molar-refractivity contribution in [3.8, 4) is 0 Å². The molecule has 1 atom stereocenters. The zero-order valence-electron chi connectivity index (χ0n) is 10.7.